The fraction of sp³-hybridized carbons (Fsp3) is 0.773. The molecule has 0 saturated carbocycles. The van der Waals surface area contributed by atoms with Gasteiger partial charge in [0.1, 0.15) is 13.2 Å². The van der Waals surface area contributed by atoms with Crippen molar-refractivity contribution in [2.75, 3.05) is 13.2 Å². The van der Waals surface area contributed by atoms with E-state index in [1.165, 1.54) is 173 Å². The van der Waals surface area contributed by atoms with Crippen LogP contribution in [-0.2, 0) is 28.6 Å². The normalized spacial score (nSPS) is 12.5. The molecule has 72 heavy (non-hydrogen) atoms. The minimum atomic E-state index is -0.773. The first-order valence-electron chi connectivity index (χ1n) is 30.9. The summed E-state index contributed by atoms with van der Waals surface area (Å²) < 4.78 is 16.8. The van der Waals surface area contributed by atoms with Gasteiger partial charge in [0.15, 0.2) is 6.10 Å². The molecule has 1 unspecified atom stereocenters. The number of ether oxygens (including phenoxy) is 3. The lowest BCUT2D eigenvalue weighted by Crippen LogP contribution is -2.30. The molecule has 0 aromatic carbocycles. The molecule has 0 aliphatic carbocycles. The van der Waals surface area contributed by atoms with E-state index in [2.05, 4.69) is 93.7 Å². The smallest absolute Gasteiger partial charge is 0.306 e. The fourth-order valence-electron chi connectivity index (χ4n) is 8.82. The molecule has 6 nitrogen and oxygen atoms in total. The molecule has 1 atom stereocenters. The summed E-state index contributed by atoms with van der Waals surface area (Å²) >= 11 is 0. The molecule has 0 aromatic rings. The van der Waals surface area contributed by atoms with Crippen molar-refractivity contribution < 1.29 is 28.6 Å². The van der Waals surface area contributed by atoms with E-state index < -0.39 is 6.10 Å². The Morgan fingerprint density at radius 1 is 0.292 bits per heavy atom. The topological polar surface area (TPSA) is 78.9 Å². The van der Waals surface area contributed by atoms with E-state index in [9.17, 15) is 14.4 Å². The third-order valence-corrected chi connectivity index (χ3v) is 13.4. The van der Waals surface area contributed by atoms with Crippen molar-refractivity contribution in [3.8, 4) is 0 Å². The second kappa shape index (κ2) is 60.4. The van der Waals surface area contributed by atoms with Crippen LogP contribution in [0.1, 0.15) is 310 Å². The van der Waals surface area contributed by atoms with Crippen LogP contribution >= 0.6 is 0 Å². The van der Waals surface area contributed by atoms with Crippen molar-refractivity contribution in [2.24, 2.45) is 0 Å². The van der Waals surface area contributed by atoms with E-state index in [4.69, 9.17) is 14.2 Å². The Hall–Kier alpha value is -3.15. The number of rotatable bonds is 56. The van der Waals surface area contributed by atoms with Crippen molar-refractivity contribution in [3.63, 3.8) is 0 Å². The van der Waals surface area contributed by atoms with Crippen LogP contribution in [0.3, 0.4) is 0 Å². The molecule has 0 spiro atoms. The monoisotopic (exact) mass is 1000 g/mol. The molecule has 0 fully saturated rings. The minimum absolute atomic E-state index is 0.0744. The Kier molecular flexibility index (Phi) is 57.8. The van der Waals surface area contributed by atoms with Gasteiger partial charge >= 0.3 is 17.9 Å². The molecule has 0 aliphatic rings. The van der Waals surface area contributed by atoms with Crippen LogP contribution in [0.4, 0.5) is 0 Å². The number of hydrogen-bond acceptors (Lipinski definition) is 6. The molecule has 0 N–H and O–H groups in total. The summed E-state index contributed by atoms with van der Waals surface area (Å²) in [7, 11) is 0. The second-order valence-electron chi connectivity index (χ2n) is 20.6. The second-order valence-corrected chi connectivity index (χ2v) is 20.6. The van der Waals surface area contributed by atoms with Crippen molar-refractivity contribution in [1.29, 1.82) is 0 Å². The number of esters is 3. The lowest BCUT2D eigenvalue weighted by atomic mass is 10.0. The SMILES string of the molecule is CC/C=C\C/C=C\C/C=C\C/C=C\C/C=C\CCCCCCCCCCCCCCCCCCCC(=O)OCC(COC(=O)CCCCCCCCC)OC(=O)CCCCCCC/C=C\CCCCCCC. The Bertz CT molecular complexity index is 1340. The van der Waals surface area contributed by atoms with Crippen molar-refractivity contribution in [3.05, 3.63) is 72.9 Å². The first-order valence-corrected chi connectivity index (χ1v) is 30.9. The zero-order valence-electron chi connectivity index (χ0n) is 47.7. The van der Waals surface area contributed by atoms with Gasteiger partial charge in [0.25, 0.3) is 0 Å². The van der Waals surface area contributed by atoms with Gasteiger partial charge in [-0.05, 0) is 89.9 Å². The predicted molar refractivity (Wildman–Crippen MR) is 311 cm³/mol. The number of carbonyl (C=O) groups is 3. The molecule has 0 amide bonds. The lowest BCUT2D eigenvalue weighted by molar-refractivity contribution is -0.167. The molecule has 0 rings (SSSR count). The molecule has 0 radical (unpaired) electrons. The highest BCUT2D eigenvalue weighted by Gasteiger charge is 2.19. The van der Waals surface area contributed by atoms with Crippen LogP contribution in [0.2, 0.25) is 0 Å². The molecule has 0 heterocycles. The number of unbranched alkanes of at least 4 members (excludes halogenated alkanes) is 33. The molecular weight excluding hydrogens is 889 g/mol. The van der Waals surface area contributed by atoms with Gasteiger partial charge in [-0.25, -0.2) is 0 Å². The lowest BCUT2D eigenvalue weighted by Gasteiger charge is -2.18. The molecule has 0 aliphatic heterocycles. The number of hydrogen-bond donors (Lipinski definition) is 0. The Morgan fingerprint density at radius 2 is 0.542 bits per heavy atom. The summed E-state index contributed by atoms with van der Waals surface area (Å²) in [5.41, 5.74) is 0. The Balaban J connectivity index is 4.00. The van der Waals surface area contributed by atoms with Crippen LogP contribution in [0, 0.1) is 0 Å². The van der Waals surface area contributed by atoms with E-state index >= 15 is 0 Å². The van der Waals surface area contributed by atoms with Crippen LogP contribution < -0.4 is 0 Å². The summed E-state index contributed by atoms with van der Waals surface area (Å²) in [4.78, 5) is 37.9. The molecule has 6 heteroatoms. The zero-order valence-corrected chi connectivity index (χ0v) is 47.7. The number of carbonyl (C=O) groups excluding carboxylic acids is 3. The maximum Gasteiger partial charge on any atom is 0.306 e. The van der Waals surface area contributed by atoms with E-state index in [0.717, 1.165) is 96.3 Å². The quantitative estimate of drug-likeness (QED) is 0.0261. The summed E-state index contributed by atoms with van der Waals surface area (Å²) in [6, 6.07) is 0. The van der Waals surface area contributed by atoms with Gasteiger partial charge in [-0.2, -0.15) is 0 Å². The highest BCUT2D eigenvalue weighted by atomic mass is 16.6. The first kappa shape index (κ1) is 68.8. The molecule has 416 valence electrons. The summed E-state index contributed by atoms with van der Waals surface area (Å²) in [5.74, 6) is -0.878. The summed E-state index contributed by atoms with van der Waals surface area (Å²) in [6.45, 7) is 6.49. The van der Waals surface area contributed by atoms with E-state index in [1.54, 1.807) is 0 Å². The molecule has 0 saturated heterocycles. The van der Waals surface area contributed by atoms with Crippen molar-refractivity contribution in [1.82, 2.24) is 0 Å². The van der Waals surface area contributed by atoms with Gasteiger partial charge < -0.3 is 14.2 Å². The van der Waals surface area contributed by atoms with Gasteiger partial charge in [0.05, 0.1) is 0 Å². The van der Waals surface area contributed by atoms with E-state index in [1.807, 2.05) is 0 Å². The third-order valence-electron chi connectivity index (χ3n) is 13.4. The van der Waals surface area contributed by atoms with Crippen LogP contribution in [0.5, 0.6) is 0 Å². The van der Waals surface area contributed by atoms with Crippen LogP contribution in [-0.4, -0.2) is 37.2 Å². The Labute approximate surface area is 446 Å². The predicted octanol–water partition coefficient (Wildman–Crippen LogP) is 20.9. The van der Waals surface area contributed by atoms with Crippen molar-refractivity contribution >= 4 is 17.9 Å². The van der Waals surface area contributed by atoms with Gasteiger partial charge in [0, 0.05) is 19.3 Å². The summed E-state index contributed by atoms with van der Waals surface area (Å²) in [6.07, 6.45) is 78.0. The van der Waals surface area contributed by atoms with Gasteiger partial charge in [0.2, 0.25) is 0 Å². The van der Waals surface area contributed by atoms with Crippen LogP contribution in [0.15, 0.2) is 72.9 Å². The largest absolute Gasteiger partial charge is 0.462 e. The molecular formula is C66H116O6. The van der Waals surface area contributed by atoms with E-state index in [-0.39, 0.29) is 31.1 Å². The third kappa shape index (κ3) is 57.7. The molecule has 0 aromatic heterocycles. The van der Waals surface area contributed by atoms with E-state index in [0.29, 0.717) is 19.3 Å². The highest BCUT2D eigenvalue weighted by Crippen LogP contribution is 2.17. The highest BCUT2D eigenvalue weighted by molar-refractivity contribution is 5.71. The standard InChI is InChI=1S/C66H116O6/c1-4-7-10-13-16-18-20-22-24-25-26-27-28-29-30-31-32-33-34-35-36-37-38-39-40-41-42-44-45-47-50-53-56-59-65(68)71-62-63(61-70-64(67)58-55-52-49-15-12-9-6-3)72-66(69)60-57-54-51-48-46-43-23-21-19-17-14-11-8-5-2/h7,10,16,18,21-24,26-27,29-30,63H,4-6,8-9,11-15,17,19-20,25,28,31-62H2,1-3H3/b10-7-,18-16-,23-21-,24-22-,27-26-,30-29-. The fourth-order valence-corrected chi connectivity index (χ4v) is 8.82. The summed E-state index contributed by atoms with van der Waals surface area (Å²) in [5, 5.41) is 0. The van der Waals surface area contributed by atoms with Gasteiger partial charge in [-0.1, -0.05) is 273 Å². The maximum atomic E-state index is 12.8. The Morgan fingerprint density at radius 3 is 0.861 bits per heavy atom. The van der Waals surface area contributed by atoms with Crippen molar-refractivity contribution in [2.45, 2.75) is 316 Å². The van der Waals surface area contributed by atoms with Crippen LogP contribution in [0.25, 0.3) is 0 Å². The van der Waals surface area contributed by atoms with Gasteiger partial charge in [-0.15, -0.1) is 0 Å². The zero-order chi connectivity index (χ0) is 52.2. The first-order chi connectivity index (χ1) is 35.5. The average molecular weight is 1010 g/mol. The number of allylic oxidation sites excluding steroid dienone is 12. The van der Waals surface area contributed by atoms with Gasteiger partial charge in [-0.3, -0.25) is 14.4 Å². The maximum absolute atomic E-state index is 12.8. The minimum Gasteiger partial charge on any atom is -0.462 e. The molecule has 0 bridgehead atoms. The average Bonchev–Trinajstić information content (AvgIpc) is 3.38.